The van der Waals surface area contributed by atoms with Crippen LogP contribution in [-0.2, 0) is 6.42 Å². The summed E-state index contributed by atoms with van der Waals surface area (Å²) in [6, 6.07) is 5.75. The Bertz CT molecular complexity index is 339. The number of nitrogens with two attached hydrogens (primary N) is 1. The minimum atomic E-state index is -0.294. The van der Waals surface area contributed by atoms with E-state index in [1.165, 1.54) is 0 Å². The Morgan fingerprint density at radius 3 is 2.67 bits per heavy atom. The number of benzene rings is 1. The summed E-state index contributed by atoms with van der Waals surface area (Å²) in [5.41, 5.74) is 6.35. The molecule has 0 aliphatic heterocycles. The van der Waals surface area contributed by atoms with Crippen LogP contribution in [0.3, 0.4) is 0 Å². The van der Waals surface area contributed by atoms with Gasteiger partial charge in [-0.3, -0.25) is 0 Å². The van der Waals surface area contributed by atoms with E-state index >= 15 is 0 Å². The molecule has 2 nitrogen and oxygen atoms in total. The highest BCUT2D eigenvalue weighted by Crippen LogP contribution is 2.27. The van der Waals surface area contributed by atoms with Gasteiger partial charge in [-0.2, -0.15) is 0 Å². The summed E-state index contributed by atoms with van der Waals surface area (Å²) in [6.07, 6.45) is 0.687. The maximum Gasteiger partial charge on any atom is 0.0500 e. The van der Waals surface area contributed by atoms with Gasteiger partial charge in [-0.15, -0.1) is 0 Å². The fourth-order valence-electron chi connectivity index (χ4n) is 1.32. The van der Waals surface area contributed by atoms with Gasteiger partial charge in [0.1, 0.15) is 0 Å². The van der Waals surface area contributed by atoms with Crippen LogP contribution in [0.25, 0.3) is 0 Å². The number of aliphatic hydroxyl groups is 1. The molecule has 0 heterocycles. The highest BCUT2D eigenvalue weighted by molar-refractivity contribution is 9.10. The van der Waals surface area contributed by atoms with E-state index in [4.69, 9.17) is 17.3 Å². The molecule has 4 heteroatoms. The second kappa shape index (κ2) is 5.30. The molecule has 0 saturated carbocycles. The normalized spacial score (nSPS) is 15.0. The van der Waals surface area contributed by atoms with Gasteiger partial charge in [0.2, 0.25) is 0 Å². The second-order valence-electron chi connectivity index (χ2n) is 4.09. The van der Waals surface area contributed by atoms with Crippen molar-refractivity contribution in [1.82, 2.24) is 0 Å². The van der Waals surface area contributed by atoms with E-state index in [2.05, 4.69) is 15.9 Å². The lowest BCUT2D eigenvalue weighted by Crippen LogP contribution is -2.33. The van der Waals surface area contributed by atoms with E-state index in [-0.39, 0.29) is 12.0 Å². The molecule has 1 atom stereocenters. The van der Waals surface area contributed by atoms with E-state index < -0.39 is 0 Å². The Hall–Kier alpha value is -0.0900. The Morgan fingerprint density at radius 2 is 2.20 bits per heavy atom. The van der Waals surface area contributed by atoms with Crippen molar-refractivity contribution in [3.8, 4) is 0 Å². The molecule has 1 unspecified atom stereocenters. The Kier molecular flexibility index (Phi) is 4.59. The summed E-state index contributed by atoms with van der Waals surface area (Å²) in [5, 5.41) is 9.97. The van der Waals surface area contributed by atoms with Crippen LogP contribution >= 0.6 is 27.5 Å². The summed E-state index contributed by atoms with van der Waals surface area (Å²) in [6.45, 7) is 2.46. The molecule has 0 aliphatic carbocycles. The number of hydrogen-bond acceptors (Lipinski definition) is 2. The maximum atomic E-state index is 9.26. The molecule has 0 saturated heterocycles. The van der Waals surface area contributed by atoms with Crippen molar-refractivity contribution in [2.75, 3.05) is 13.2 Å². The lowest BCUT2D eigenvalue weighted by Gasteiger charge is -2.25. The Morgan fingerprint density at radius 1 is 1.53 bits per heavy atom. The van der Waals surface area contributed by atoms with Crippen LogP contribution in [0, 0.1) is 5.41 Å². The summed E-state index contributed by atoms with van der Waals surface area (Å²) >= 11 is 9.45. The minimum Gasteiger partial charge on any atom is -0.396 e. The van der Waals surface area contributed by atoms with Crippen molar-refractivity contribution in [1.29, 1.82) is 0 Å². The average molecular weight is 293 g/mol. The van der Waals surface area contributed by atoms with E-state index in [1.807, 2.05) is 25.1 Å². The quantitative estimate of drug-likeness (QED) is 0.896. The molecule has 0 aliphatic rings. The molecule has 3 N–H and O–H groups in total. The number of halogens is 2. The molecular formula is C11H15BrClNO. The molecule has 0 radical (unpaired) electrons. The predicted molar refractivity (Wildman–Crippen MR) is 67.1 cm³/mol. The fraction of sp³-hybridized carbons (Fsp3) is 0.455. The zero-order valence-corrected chi connectivity index (χ0v) is 11.0. The third kappa shape index (κ3) is 3.45. The Balaban J connectivity index is 2.89. The summed E-state index contributed by atoms with van der Waals surface area (Å²) in [7, 11) is 0. The molecule has 84 valence electrons. The standard InChI is InChI=1S/C11H15BrClNO/c1-11(6-14,7-15)5-8-2-3-9(12)4-10(8)13/h2-4,15H,5-7,14H2,1H3. The van der Waals surface area contributed by atoms with Gasteiger partial charge in [-0.25, -0.2) is 0 Å². The molecule has 1 aromatic carbocycles. The SMILES string of the molecule is CC(CN)(CO)Cc1ccc(Br)cc1Cl. The Labute approximate surface area is 104 Å². The number of hydrogen-bond donors (Lipinski definition) is 2. The first-order valence-corrected chi connectivity index (χ1v) is 5.93. The molecular weight excluding hydrogens is 277 g/mol. The lowest BCUT2D eigenvalue weighted by molar-refractivity contribution is 0.149. The van der Waals surface area contributed by atoms with Gasteiger partial charge in [0.15, 0.2) is 0 Å². The third-order valence-corrected chi connectivity index (χ3v) is 3.35. The fourth-order valence-corrected chi connectivity index (χ4v) is 2.06. The number of rotatable bonds is 4. The number of aliphatic hydroxyl groups excluding tert-OH is 1. The monoisotopic (exact) mass is 291 g/mol. The molecule has 15 heavy (non-hydrogen) atoms. The van der Waals surface area contributed by atoms with Gasteiger partial charge in [-0.05, 0) is 24.1 Å². The van der Waals surface area contributed by atoms with Gasteiger partial charge in [-0.1, -0.05) is 40.5 Å². The molecule has 0 fully saturated rings. The first-order valence-electron chi connectivity index (χ1n) is 4.75. The van der Waals surface area contributed by atoms with Gasteiger partial charge < -0.3 is 10.8 Å². The first kappa shape index (κ1) is 13.0. The predicted octanol–water partition coefficient (Wildman–Crippen LogP) is 2.60. The summed E-state index contributed by atoms with van der Waals surface area (Å²) in [4.78, 5) is 0. The molecule has 0 spiro atoms. The minimum absolute atomic E-state index is 0.0654. The highest BCUT2D eigenvalue weighted by Gasteiger charge is 2.23. The molecule has 1 rings (SSSR count). The van der Waals surface area contributed by atoms with Crippen LogP contribution in [0.1, 0.15) is 12.5 Å². The van der Waals surface area contributed by atoms with Crippen LogP contribution < -0.4 is 5.73 Å². The van der Waals surface area contributed by atoms with Crippen LogP contribution in [0.4, 0.5) is 0 Å². The van der Waals surface area contributed by atoms with Crippen molar-refractivity contribution in [3.05, 3.63) is 33.3 Å². The van der Waals surface area contributed by atoms with Crippen LogP contribution in [-0.4, -0.2) is 18.3 Å². The van der Waals surface area contributed by atoms with Gasteiger partial charge >= 0.3 is 0 Å². The third-order valence-electron chi connectivity index (χ3n) is 2.51. The van der Waals surface area contributed by atoms with Crippen LogP contribution in [0.15, 0.2) is 22.7 Å². The van der Waals surface area contributed by atoms with Gasteiger partial charge in [0, 0.05) is 28.1 Å². The summed E-state index contributed by atoms with van der Waals surface area (Å²) in [5.74, 6) is 0. The highest BCUT2D eigenvalue weighted by atomic mass is 79.9. The largest absolute Gasteiger partial charge is 0.396 e. The van der Waals surface area contributed by atoms with Gasteiger partial charge in [0.25, 0.3) is 0 Å². The van der Waals surface area contributed by atoms with Crippen molar-refractivity contribution in [3.63, 3.8) is 0 Å². The van der Waals surface area contributed by atoms with Crippen LogP contribution in [0.2, 0.25) is 5.02 Å². The van der Waals surface area contributed by atoms with E-state index in [9.17, 15) is 5.11 Å². The average Bonchev–Trinajstić information content (AvgIpc) is 2.22. The second-order valence-corrected chi connectivity index (χ2v) is 5.41. The molecule has 1 aromatic rings. The molecule has 0 amide bonds. The lowest BCUT2D eigenvalue weighted by atomic mass is 9.84. The van der Waals surface area contributed by atoms with E-state index in [1.54, 1.807) is 0 Å². The maximum absolute atomic E-state index is 9.26. The van der Waals surface area contributed by atoms with Crippen molar-refractivity contribution < 1.29 is 5.11 Å². The van der Waals surface area contributed by atoms with E-state index in [0.717, 1.165) is 10.0 Å². The summed E-state index contributed by atoms with van der Waals surface area (Å²) < 4.78 is 0.953. The molecule has 0 bridgehead atoms. The zero-order valence-electron chi connectivity index (χ0n) is 8.63. The van der Waals surface area contributed by atoms with Crippen LogP contribution in [0.5, 0.6) is 0 Å². The molecule has 0 aromatic heterocycles. The van der Waals surface area contributed by atoms with Gasteiger partial charge in [0.05, 0.1) is 0 Å². The van der Waals surface area contributed by atoms with Crippen molar-refractivity contribution in [2.45, 2.75) is 13.3 Å². The topological polar surface area (TPSA) is 46.2 Å². The van der Waals surface area contributed by atoms with Crippen molar-refractivity contribution in [2.24, 2.45) is 11.1 Å². The zero-order chi connectivity index (χ0) is 11.5. The first-order chi connectivity index (χ1) is 7.00. The van der Waals surface area contributed by atoms with Crippen molar-refractivity contribution >= 4 is 27.5 Å². The smallest absolute Gasteiger partial charge is 0.0500 e. The van der Waals surface area contributed by atoms with E-state index in [0.29, 0.717) is 18.0 Å².